The lowest BCUT2D eigenvalue weighted by Gasteiger charge is -2.12. The van der Waals surface area contributed by atoms with Crippen LogP contribution >= 0.6 is 27.7 Å². The summed E-state index contributed by atoms with van der Waals surface area (Å²) in [7, 11) is 1.61. The van der Waals surface area contributed by atoms with Gasteiger partial charge in [-0.3, -0.25) is 9.69 Å². The Kier molecular flexibility index (Phi) is 7.70. The van der Waals surface area contributed by atoms with Gasteiger partial charge in [0.1, 0.15) is 23.9 Å². The SMILES string of the molecule is CCN1C(=O)/C(=C\c2cc(Br)ccc2OCc2cccc(F)c2)SC1=Nc1ccc(OC)cc1. The minimum Gasteiger partial charge on any atom is -0.497 e. The molecule has 0 unspecified atom stereocenters. The molecule has 1 amide bonds. The molecule has 3 aromatic rings. The molecule has 1 aliphatic rings. The van der Waals surface area contributed by atoms with Gasteiger partial charge in [-0.1, -0.05) is 28.1 Å². The summed E-state index contributed by atoms with van der Waals surface area (Å²) in [6, 6.07) is 19.2. The number of amides is 1. The van der Waals surface area contributed by atoms with Crippen LogP contribution in [-0.4, -0.2) is 29.6 Å². The van der Waals surface area contributed by atoms with Crippen molar-refractivity contribution >= 4 is 50.5 Å². The Labute approximate surface area is 210 Å². The highest BCUT2D eigenvalue weighted by Crippen LogP contribution is 2.36. The van der Waals surface area contributed by atoms with Crippen LogP contribution in [0.4, 0.5) is 10.1 Å². The van der Waals surface area contributed by atoms with Gasteiger partial charge >= 0.3 is 0 Å². The summed E-state index contributed by atoms with van der Waals surface area (Å²) in [5, 5.41) is 0.612. The van der Waals surface area contributed by atoms with Crippen molar-refractivity contribution in [3.05, 3.63) is 93.1 Å². The van der Waals surface area contributed by atoms with Crippen LogP contribution in [0.3, 0.4) is 0 Å². The maximum absolute atomic E-state index is 13.5. The van der Waals surface area contributed by atoms with Crippen LogP contribution in [0.1, 0.15) is 18.1 Å². The van der Waals surface area contributed by atoms with Gasteiger partial charge in [-0.25, -0.2) is 9.38 Å². The van der Waals surface area contributed by atoms with Gasteiger partial charge in [-0.15, -0.1) is 0 Å². The second-order valence-corrected chi connectivity index (χ2v) is 9.28. The standard InChI is InChI=1S/C26H22BrFN2O3S/c1-3-30-25(31)24(34-26(30)29-21-8-10-22(32-2)11-9-21)15-18-14-19(27)7-12-23(18)33-16-17-5-4-6-20(28)13-17/h4-15H,3,16H2,1-2H3/b24-15+,29-26?. The summed E-state index contributed by atoms with van der Waals surface area (Å²) in [4.78, 5) is 20.0. The number of nitrogens with zero attached hydrogens (tertiary/aromatic N) is 2. The van der Waals surface area contributed by atoms with Crippen molar-refractivity contribution < 1.29 is 18.7 Å². The fraction of sp³-hybridized carbons (Fsp3) is 0.154. The number of amidine groups is 1. The Morgan fingerprint density at radius 1 is 1.12 bits per heavy atom. The van der Waals surface area contributed by atoms with E-state index in [4.69, 9.17) is 9.47 Å². The summed E-state index contributed by atoms with van der Waals surface area (Å²) < 4.78 is 25.5. The molecule has 1 fully saturated rings. The van der Waals surface area contributed by atoms with E-state index in [-0.39, 0.29) is 18.3 Å². The highest BCUT2D eigenvalue weighted by atomic mass is 79.9. The number of benzene rings is 3. The molecule has 0 radical (unpaired) electrons. The van der Waals surface area contributed by atoms with E-state index in [9.17, 15) is 9.18 Å². The molecule has 0 saturated carbocycles. The minimum atomic E-state index is -0.310. The summed E-state index contributed by atoms with van der Waals surface area (Å²) in [6.45, 7) is 2.62. The van der Waals surface area contributed by atoms with Crippen molar-refractivity contribution in [1.82, 2.24) is 4.90 Å². The van der Waals surface area contributed by atoms with E-state index in [1.807, 2.05) is 49.4 Å². The molecule has 1 aliphatic heterocycles. The number of carbonyl (C=O) groups excluding carboxylic acids is 1. The maximum atomic E-state index is 13.5. The van der Waals surface area contributed by atoms with E-state index in [2.05, 4.69) is 20.9 Å². The number of rotatable bonds is 7. The summed E-state index contributed by atoms with van der Waals surface area (Å²) in [5.41, 5.74) is 2.19. The highest BCUT2D eigenvalue weighted by molar-refractivity contribution is 9.10. The number of aliphatic imine (C=N–C) groups is 1. The van der Waals surface area contributed by atoms with Crippen LogP contribution in [0.25, 0.3) is 6.08 Å². The molecule has 0 aromatic heterocycles. The molecule has 0 N–H and O–H groups in total. The lowest BCUT2D eigenvalue weighted by molar-refractivity contribution is -0.122. The maximum Gasteiger partial charge on any atom is 0.266 e. The monoisotopic (exact) mass is 540 g/mol. The first-order valence-corrected chi connectivity index (χ1v) is 12.2. The number of thioether (sulfide) groups is 1. The van der Waals surface area contributed by atoms with Crippen molar-refractivity contribution in [2.45, 2.75) is 13.5 Å². The van der Waals surface area contributed by atoms with Crippen LogP contribution in [0.2, 0.25) is 0 Å². The van der Waals surface area contributed by atoms with E-state index >= 15 is 0 Å². The molecule has 34 heavy (non-hydrogen) atoms. The van der Waals surface area contributed by atoms with Gasteiger partial charge in [0, 0.05) is 16.6 Å². The van der Waals surface area contributed by atoms with Crippen LogP contribution < -0.4 is 9.47 Å². The summed E-state index contributed by atoms with van der Waals surface area (Å²) >= 11 is 4.81. The van der Waals surface area contributed by atoms with Gasteiger partial charge in [0.25, 0.3) is 5.91 Å². The van der Waals surface area contributed by atoms with E-state index < -0.39 is 0 Å². The quantitative estimate of drug-likeness (QED) is 0.309. The van der Waals surface area contributed by atoms with Crippen molar-refractivity contribution in [3.63, 3.8) is 0 Å². The van der Waals surface area contributed by atoms with Gasteiger partial charge in [-0.2, -0.15) is 0 Å². The van der Waals surface area contributed by atoms with E-state index in [1.54, 1.807) is 30.2 Å². The molecular weight excluding hydrogens is 519 g/mol. The largest absolute Gasteiger partial charge is 0.497 e. The normalized spacial score (nSPS) is 15.9. The van der Waals surface area contributed by atoms with Gasteiger partial charge < -0.3 is 9.47 Å². The molecule has 0 atom stereocenters. The van der Waals surface area contributed by atoms with Crippen LogP contribution in [0, 0.1) is 5.82 Å². The smallest absolute Gasteiger partial charge is 0.266 e. The average molecular weight is 541 g/mol. The number of halogens is 2. The number of methoxy groups -OCH3 is 1. The molecule has 0 bridgehead atoms. The summed E-state index contributed by atoms with van der Waals surface area (Å²) in [6.07, 6.45) is 1.80. The molecule has 0 spiro atoms. The molecule has 5 nitrogen and oxygen atoms in total. The van der Waals surface area contributed by atoms with E-state index in [0.717, 1.165) is 27.0 Å². The van der Waals surface area contributed by atoms with Crippen molar-refractivity contribution in [3.8, 4) is 11.5 Å². The molecule has 1 heterocycles. The lowest BCUT2D eigenvalue weighted by Crippen LogP contribution is -2.28. The first-order valence-electron chi connectivity index (χ1n) is 10.6. The zero-order valence-corrected chi connectivity index (χ0v) is 21.0. The summed E-state index contributed by atoms with van der Waals surface area (Å²) in [5.74, 6) is 0.913. The third-order valence-electron chi connectivity index (χ3n) is 5.04. The fourth-order valence-electron chi connectivity index (χ4n) is 3.33. The minimum absolute atomic E-state index is 0.115. The van der Waals surface area contributed by atoms with Gasteiger partial charge in [0.15, 0.2) is 5.17 Å². The molecule has 1 saturated heterocycles. The first-order chi connectivity index (χ1) is 16.5. The number of carbonyl (C=O) groups is 1. The number of likely N-dealkylation sites (N-methyl/N-ethyl adjacent to an activating group) is 1. The molecule has 8 heteroatoms. The zero-order valence-electron chi connectivity index (χ0n) is 18.6. The second-order valence-electron chi connectivity index (χ2n) is 7.35. The molecule has 4 rings (SSSR count). The topological polar surface area (TPSA) is 51.1 Å². The van der Waals surface area contributed by atoms with E-state index in [0.29, 0.717) is 22.4 Å². The Morgan fingerprint density at radius 2 is 1.91 bits per heavy atom. The second kappa shape index (κ2) is 10.9. The fourth-order valence-corrected chi connectivity index (χ4v) is 4.76. The van der Waals surface area contributed by atoms with Crippen molar-refractivity contribution in [2.24, 2.45) is 4.99 Å². The zero-order chi connectivity index (χ0) is 24.1. The molecule has 0 aliphatic carbocycles. The molecular formula is C26H22BrFN2O3S. The average Bonchev–Trinajstić information content (AvgIpc) is 3.12. The molecule has 3 aromatic carbocycles. The van der Waals surface area contributed by atoms with Crippen molar-refractivity contribution in [2.75, 3.05) is 13.7 Å². The predicted octanol–water partition coefficient (Wildman–Crippen LogP) is 6.80. The third-order valence-corrected chi connectivity index (χ3v) is 6.54. The first kappa shape index (κ1) is 24.0. The number of hydrogen-bond acceptors (Lipinski definition) is 5. The van der Waals surface area contributed by atoms with Crippen molar-refractivity contribution in [1.29, 1.82) is 0 Å². The predicted molar refractivity (Wildman–Crippen MR) is 138 cm³/mol. The number of hydrogen-bond donors (Lipinski definition) is 0. The van der Waals surface area contributed by atoms with Crippen LogP contribution in [0.15, 0.2) is 81.1 Å². The van der Waals surface area contributed by atoms with Crippen LogP contribution in [0.5, 0.6) is 11.5 Å². The van der Waals surface area contributed by atoms with Gasteiger partial charge in [0.05, 0.1) is 17.7 Å². The Bertz CT molecular complexity index is 1260. The lowest BCUT2D eigenvalue weighted by atomic mass is 10.1. The van der Waals surface area contributed by atoms with E-state index in [1.165, 1.54) is 23.9 Å². The Morgan fingerprint density at radius 3 is 2.62 bits per heavy atom. The Balaban J connectivity index is 1.60. The Hall–Kier alpha value is -3.10. The molecule has 174 valence electrons. The van der Waals surface area contributed by atoms with Gasteiger partial charge in [-0.05, 0) is 84.9 Å². The van der Waals surface area contributed by atoms with Gasteiger partial charge in [0.2, 0.25) is 0 Å². The third kappa shape index (κ3) is 5.69. The van der Waals surface area contributed by atoms with Crippen LogP contribution in [-0.2, 0) is 11.4 Å². The highest BCUT2D eigenvalue weighted by Gasteiger charge is 2.32. The number of ether oxygens (including phenoxy) is 2.